The third-order valence-corrected chi connectivity index (χ3v) is 4.95. The van der Waals surface area contributed by atoms with Gasteiger partial charge in [-0.3, -0.25) is 9.59 Å². The molecule has 3 fully saturated rings. The second-order valence-corrected chi connectivity index (χ2v) is 6.39. The molecule has 2 aliphatic heterocycles. The molecule has 1 aromatic rings. The molecule has 9 nitrogen and oxygen atoms in total. The Kier molecular flexibility index (Phi) is 4.98. The van der Waals surface area contributed by atoms with Crippen molar-refractivity contribution in [1.82, 2.24) is 15.5 Å². The van der Waals surface area contributed by atoms with Gasteiger partial charge in [0, 0.05) is 25.6 Å². The summed E-state index contributed by atoms with van der Waals surface area (Å²) in [6, 6.07) is 0.631. The molecule has 1 saturated carbocycles. The molecule has 9 heteroatoms. The molecule has 3 heterocycles. The van der Waals surface area contributed by atoms with Crippen LogP contribution in [-0.2, 0) is 14.3 Å². The Balaban J connectivity index is 0.000000526. The summed E-state index contributed by atoms with van der Waals surface area (Å²) in [5.74, 6) is 1.24. The van der Waals surface area contributed by atoms with Crippen LogP contribution in [0.3, 0.4) is 0 Å². The SMILES string of the molecule is O=C1COC2(CCN(c3nnc(C4CCC4)o3)CC2)CN1.O=CO. The Labute approximate surface area is 139 Å². The van der Waals surface area contributed by atoms with Crippen LogP contribution < -0.4 is 10.2 Å². The average molecular weight is 338 g/mol. The molecule has 1 spiro atoms. The molecule has 1 aromatic heterocycles. The zero-order valence-corrected chi connectivity index (χ0v) is 13.4. The number of piperidine rings is 1. The Bertz CT molecular complexity index is 566. The van der Waals surface area contributed by atoms with Gasteiger partial charge >= 0.3 is 6.01 Å². The number of carbonyl (C=O) groups is 2. The standard InChI is InChI=1S/C14H20N4O3.CH2O2/c19-11-8-20-14(9-15-11)4-6-18(7-5-14)13-17-16-12(21-13)10-2-1-3-10;2-1-3/h10H,1-9H2,(H,15,19);1H,(H,2,3). The first-order chi connectivity index (χ1) is 11.7. The Morgan fingerprint density at radius 2 is 2.00 bits per heavy atom. The third kappa shape index (κ3) is 3.50. The van der Waals surface area contributed by atoms with Gasteiger partial charge in [-0.2, -0.15) is 0 Å². The van der Waals surface area contributed by atoms with E-state index in [0.717, 1.165) is 44.7 Å². The van der Waals surface area contributed by atoms with E-state index in [1.54, 1.807) is 0 Å². The zero-order valence-electron chi connectivity index (χ0n) is 13.4. The second-order valence-electron chi connectivity index (χ2n) is 6.39. The highest BCUT2D eigenvalue weighted by Gasteiger charge is 2.40. The van der Waals surface area contributed by atoms with E-state index in [4.69, 9.17) is 19.1 Å². The van der Waals surface area contributed by atoms with Crippen LogP contribution in [0.15, 0.2) is 4.42 Å². The zero-order chi connectivity index (χ0) is 17.0. The lowest BCUT2D eigenvalue weighted by atomic mass is 9.85. The van der Waals surface area contributed by atoms with E-state index in [1.165, 1.54) is 6.42 Å². The number of amides is 1. The fourth-order valence-electron chi connectivity index (χ4n) is 3.18. The number of hydrogen-bond acceptors (Lipinski definition) is 7. The second kappa shape index (κ2) is 7.16. The van der Waals surface area contributed by atoms with Gasteiger partial charge in [0.1, 0.15) is 6.61 Å². The summed E-state index contributed by atoms with van der Waals surface area (Å²) < 4.78 is 11.6. The number of nitrogens with zero attached hydrogens (tertiary/aromatic N) is 3. The van der Waals surface area contributed by atoms with Gasteiger partial charge in [0.2, 0.25) is 11.8 Å². The third-order valence-electron chi connectivity index (χ3n) is 4.95. The molecule has 0 aromatic carbocycles. The van der Waals surface area contributed by atoms with E-state index < -0.39 is 0 Å². The van der Waals surface area contributed by atoms with E-state index in [1.807, 2.05) is 0 Å². The molecule has 24 heavy (non-hydrogen) atoms. The van der Waals surface area contributed by atoms with Crippen LogP contribution in [0.4, 0.5) is 6.01 Å². The first kappa shape index (κ1) is 16.7. The number of aromatic nitrogens is 2. The van der Waals surface area contributed by atoms with Gasteiger partial charge in [-0.1, -0.05) is 11.5 Å². The first-order valence-corrected chi connectivity index (χ1v) is 8.23. The van der Waals surface area contributed by atoms with Gasteiger partial charge in [0.15, 0.2) is 0 Å². The number of anilines is 1. The van der Waals surface area contributed by atoms with Crippen molar-refractivity contribution in [3.8, 4) is 0 Å². The fraction of sp³-hybridized carbons (Fsp3) is 0.733. The van der Waals surface area contributed by atoms with E-state index in [2.05, 4.69) is 20.4 Å². The molecule has 0 atom stereocenters. The topological polar surface area (TPSA) is 118 Å². The highest BCUT2D eigenvalue weighted by atomic mass is 16.5. The predicted octanol–water partition coefficient (Wildman–Crippen LogP) is 0.523. The molecular formula is C15H22N4O5. The Morgan fingerprint density at radius 1 is 1.29 bits per heavy atom. The smallest absolute Gasteiger partial charge is 0.318 e. The molecule has 4 rings (SSSR count). The van der Waals surface area contributed by atoms with Gasteiger partial charge in [0.25, 0.3) is 6.47 Å². The van der Waals surface area contributed by atoms with Gasteiger partial charge in [-0.25, -0.2) is 0 Å². The maximum Gasteiger partial charge on any atom is 0.318 e. The Hall–Kier alpha value is -2.16. The lowest BCUT2D eigenvalue weighted by Crippen LogP contribution is -2.57. The van der Waals surface area contributed by atoms with Crippen molar-refractivity contribution in [3.63, 3.8) is 0 Å². The maximum atomic E-state index is 11.2. The quantitative estimate of drug-likeness (QED) is 0.750. The van der Waals surface area contributed by atoms with Crippen LogP contribution in [0.2, 0.25) is 0 Å². The highest BCUT2D eigenvalue weighted by molar-refractivity contribution is 5.78. The van der Waals surface area contributed by atoms with Crippen molar-refractivity contribution in [2.75, 3.05) is 31.1 Å². The van der Waals surface area contributed by atoms with Crippen molar-refractivity contribution in [2.24, 2.45) is 0 Å². The monoisotopic (exact) mass is 338 g/mol. The first-order valence-electron chi connectivity index (χ1n) is 8.23. The summed E-state index contributed by atoms with van der Waals surface area (Å²) in [4.78, 5) is 21.7. The number of nitrogens with one attached hydrogen (secondary N) is 1. The lowest BCUT2D eigenvalue weighted by molar-refractivity contribution is -0.146. The van der Waals surface area contributed by atoms with Crippen molar-refractivity contribution in [1.29, 1.82) is 0 Å². The summed E-state index contributed by atoms with van der Waals surface area (Å²) in [6.45, 7) is 2.17. The summed E-state index contributed by atoms with van der Waals surface area (Å²) >= 11 is 0. The van der Waals surface area contributed by atoms with E-state index >= 15 is 0 Å². The molecule has 0 unspecified atom stereocenters. The van der Waals surface area contributed by atoms with Crippen LogP contribution in [-0.4, -0.2) is 59.5 Å². The van der Waals surface area contributed by atoms with Crippen LogP contribution >= 0.6 is 0 Å². The normalized spacial score (nSPS) is 23.0. The van der Waals surface area contributed by atoms with Crippen molar-refractivity contribution in [2.45, 2.75) is 43.6 Å². The molecule has 3 aliphatic rings. The van der Waals surface area contributed by atoms with Gasteiger partial charge < -0.3 is 24.5 Å². The summed E-state index contributed by atoms with van der Waals surface area (Å²) in [7, 11) is 0. The van der Waals surface area contributed by atoms with Gasteiger partial charge in [-0.05, 0) is 25.7 Å². The highest BCUT2D eigenvalue weighted by Crippen LogP contribution is 2.37. The van der Waals surface area contributed by atoms with Crippen LogP contribution in [0.1, 0.15) is 43.9 Å². The van der Waals surface area contributed by atoms with E-state index in [9.17, 15) is 4.79 Å². The molecule has 2 N–H and O–H groups in total. The number of ether oxygens (including phenoxy) is 1. The molecular weight excluding hydrogens is 316 g/mol. The van der Waals surface area contributed by atoms with Crippen molar-refractivity contribution < 1.29 is 23.8 Å². The maximum absolute atomic E-state index is 11.2. The van der Waals surface area contributed by atoms with Crippen molar-refractivity contribution in [3.05, 3.63) is 5.89 Å². The summed E-state index contributed by atoms with van der Waals surface area (Å²) in [6.07, 6.45) is 5.33. The Morgan fingerprint density at radius 3 is 2.54 bits per heavy atom. The molecule has 0 radical (unpaired) electrons. The minimum atomic E-state index is -0.250. The van der Waals surface area contributed by atoms with Crippen LogP contribution in [0, 0.1) is 0 Å². The number of carbonyl (C=O) groups excluding carboxylic acids is 1. The number of hydrogen-bond donors (Lipinski definition) is 2. The number of rotatable bonds is 2. The lowest BCUT2D eigenvalue weighted by Gasteiger charge is -2.43. The molecule has 1 aliphatic carbocycles. The molecule has 0 bridgehead atoms. The van der Waals surface area contributed by atoms with Gasteiger partial charge in [-0.15, -0.1) is 5.10 Å². The van der Waals surface area contributed by atoms with Crippen molar-refractivity contribution >= 4 is 18.4 Å². The van der Waals surface area contributed by atoms with Crippen LogP contribution in [0.5, 0.6) is 0 Å². The number of morpholine rings is 1. The largest absolute Gasteiger partial charge is 0.483 e. The van der Waals surface area contributed by atoms with Crippen LogP contribution in [0.25, 0.3) is 0 Å². The minimum absolute atomic E-state index is 0.0231. The summed E-state index contributed by atoms with van der Waals surface area (Å²) in [5, 5.41) is 18.2. The molecule has 2 saturated heterocycles. The number of carboxylic acid groups (broad SMARTS) is 1. The minimum Gasteiger partial charge on any atom is -0.483 e. The predicted molar refractivity (Wildman–Crippen MR) is 82.7 cm³/mol. The summed E-state index contributed by atoms with van der Waals surface area (Å²) in [5.41, 5.74) is -0.207. The van der Waals surface area contributed by atoms with Gasteiger partial charge in [0.05, 0.1) is 5.60 Å². The molecule has 1 amide bonds. The molecule has 132 valence electrons. The fourth-order valence-corrected chi connectivity index (χ4v) is 3.18. The van der Waals surface area contributed by atoms with E-state index in [0.29, 0.717) is 18.5 Å². The van der Waals surface area contributed by atoms with E-state index in [-0.39, 0.29) is 24.6 Å². The average Bonchev–Trinajstić information content (AvgIpc) is 3.00.